The van der Waals surface area contributed by atoms with E-state index in [-0.39, 0.29) is 23.5 Å². The highest BCUT2D eigenvalue weighted by molar-refractivity contribution is 7.89. The van der Waals surface area contributed by atoms with E-state index in [1.165, 1.54) is 0 Å². The molecule has 1 aromatic rings. The predicted octanol–water partition coefficient (Wildman–Crippen LogP) is 2.10. The zero-order chi connectivity index (χ0) is 15.3. The molecule has 6 nitrogen and oxygen atoms in total. The molecule has 1 heterocycles. The molecule has 8 heteroatoms. The summed E-state index contributed by atoms with van der Waals surface area (Å²) in [5.74, 6) is 0.811. The molecule has 4 atom stereocenters. The zero-order valence-corrected chi connectivity index (χ0v) is 13.5. The van der Waals surface area contributed by atoms with Crippen LogP contribution in [0.25, 0.3) is 0 Å². The van der Waals surface area contributed by atoms with Crippen molar-refractivity contribution < 1.29 is 13.5 Å². The number of hydrogen-bond donors (Lipinski definition) is 2. The molecule has 1 aromatic carbocycles. The fourth-order valence-corrected chi connectivity index (χ4v) is 6.22. The Bertz CT molecular complexity index is 787. The van der Waals surface area contributed by atoms with Crippen LogP contribution in [0, 0.1) is 17.8 Å². The highest BCUT2D eigenvalue weighted by Crippen LogP contribution is 2.49. The van der Waals surface area contributed by atoms with Crippen molar-refractivity contribution in [1.82, 2.24) is 4.72 Å². The molecule has 0 aromatic heterocycles. The molecule has 22 heavy (non-hydrogen) atoms. The number of nitrogens with zero attached hydrogens (tertiary/aromatic N) is 2. The molecule has 118 valence electrons. The Balaban J connectivity index is 1.66. The number of aliphatic hydroxyl groups excluding tert-OH is 1. The topological polar surface area (TPSA) is 91.1 Å². The van der Waals surface area contributed by atoms with Gasteiger partial charge in [0.25, 0.3) is 0 Å². The molecule has 3 aliphatic rings. The van der Waals surface area contributed by atoms with Gasteiger partial charge in [0.15, 0.2) is 0 Å². The first-order chi connectivity index (χ1) is 10.6. The van der Waals surface area contributed by atoms with Crippen molar-refractivity contribution in [3.05, 3.63) is 18.2 Å². The lowest BCUT2D eigenvalue weighted by atomic mass is 9.86. The third kappa shape index (κ3) is 2.17. The fourth-order valence-electron chi connectivity index (χ4n) is 4.10. The second kappa shape index (κ2) is 5.23. The summed E-state index contributed by atoms with van der Waals surface area (Å²) < 4.78 is 36.6. The molecular formula is C14H17N3O3S2. The van der Waals surface area contributed by atoms with Gasteiger partial charge in [-0.1, -0.05) is 6.07 Å². The lowest BCUT2D eigenvalue weighted by molar-refractivity contribution is 0.153. The minimum atomic E-state index is -3.66. The number of rotatable bonds is 4. The quantitative estimate of drug-likeness (QED) is 0.893. The van der Waals surface area contributed by atoms with Gasteiger partial charge in [0.05, 0.1) is 11.4 Å². The van der Waals surface area contributed by atoms with Crippen LogP contribution in [0.5, 0.6) is 0 Å². The van der Waals surface area contributed by atoms with Gasteiger partial charge in [-0.3, -0.25) is 0 Å². The zero-order valence-electron chi connectivity index (χ0n) is 11.8. The largest absolute Gasteiger partial charge is 0.396 e. The average Bonchev–Trinajstić information content (AvgIpc) is 3.21. The van der Waals surface area contributed by atoms with Crippen molar-refractivity contribution in [2.24, 2.45) is 26.5 Å². The van der Waals surface area contributed by atoms with Gasteiger partial charge in [0, 0.05) is 18.6 Å². The van der Waals surface area contributed by atoms with Crippen molar-refractivity contribution in [2.75, 3.05) is 6.61 Å². The second-order valence-corrected chi connectivity index (χ2v) is 8.43. The average molecular weight is 339 g/mol. The SMILES string of the molecule is O=S(=O)(N[C@@H]1[C@H]2CC[C@@H](C2)[C@@H]1CO)c1cccc2c1N=S=N2. The highest BCUT2D eigenvalue weighted by atomic mass is 32.2. The third-order valence-corrected chi connectivity index (χ3v) is 7.16. The van der Waals surface area contributed by atoms with E-state index in [9.17, 15) is 13.5 Å². The highest BCUT2D eigenvalue weighted by Gasteiger charge is 2.48. The van der Waals surface area contributed by atoms with Gasteiger partial charge < -0.3 is 5.11 Å². The smallest absolute Gasteiger partial charge is 0.243 e. The monoisotopic (exact) mass is 339 g/mol. The predicted molar refractivity (Wildman–Crippen MR) is 83.5 cm³/mol. The summed E-state index contributed by atoms with van der Waals surface area (Å²) in [6.07, 6.45) is 3.15. The summed E-state index contributed by atoms with van der Waals surface area (Å²) in [7, 11) is -3.66. The lowest BCUT2D eigenvalue weighted by Crippen LogP contribution is -2.45. The Morgan fingerprint density at radius 2 is 2.09 bits per heavy atom. The van der Waals surface area contributed by atoms with Crippen LogP contribution in [0.2, 0.25) is 0 Å². The molecule has 0 radical (unpaired) electrons. The maximum Gasteiger partial charge on any atom is 0.243 e. The van der Waals surface area contributed by atoms with E-state index in [4.69, 9.17) is 0 Å². The maximum atomic E-state index is 12.8. The van der Waals surface area contributed by atoms with Crippen molar-refractivity contribution in [2.45, 2.75) is 30.2 Å². The van der Waals surface area contributed by atoms with E-state index in [1.54, 1.807) is 18.2 Å². The normalized spacial score (nSPS) is 32.2. The van der Waals surface area contributed by atoms with Crippen LogP contribution in [0.1, 0.15) is 19.3 Å². The first-order valence-corrected chi connectivity index (χ1v) is 9.66. The van der Waals surface area contributed by atoms with Crippen LogP contribution < -0.4 is 4.72 Å². The minimum absolute atomic E-state index is 0.0290. The summed E-state index contributed by atoms with van der Waals surface area (Å²) in [5.41, 5.74) is 1.02. The molecule has 2 fully saturated rings. The number of benzene rings is 1. The maximum absolute atomic E-state index is 12.8. The summed E-state index contributed by atoms with van der Waals surface area (Å²) in [6, 6.07) is 4.83. The molecule has 0 spiro atoms. The second-order valence-electron chi connectivity index (χ2n) is 6.21. The number of hydrogen-bond acceptors (Lipinski definition) is 5. The van der Waals surface area contributed by atoms with Crippen molar-refractivity contribution in [3.8, 4) is 0 Å². The molecule has 0 unspecified atom stereocenters. The molecule has 2 aliphatic carbocycles. The summed E-state index contributed by atoms with van der Waals surface area (Å²) in [5, 5.41) is 9.61. The lowest BCUT2D eigenvalue weighted by Gasteiger charge is -2.30. The van der Waals surface area contributed by atoms with Gasteiger partial charge in [0.1, 0.15) is 16.3 Å². The van der Waals surface area contributed by atoms with Crippen molar-refractivity contribution in [3.63, 3.8) is 0 Å². The van der Waals surface area contributed by atoms with Gasteiger partial charge in [-0.05, 0) is 43.2 Å². The standard InChI is InChI=1S/C14H17N3O3S2/c18-7-10-8-4-5-9(6-8)13(10)17-22(19,20)12-3-1-2-11-14(12)16-21-15-11/h1-3,8-10,13,17-18H,4-7H2/t8-,9-,10-,13+/m0/s1. The van der Waals surface area contributed by atoms with E-state index in [0.717, 1.165) is 30.6 Å². The van der Waals surface area contributed by atoms with E-state index < -0.39 is 10.0 Å². The Morgan fingerprint density at radius 3 is 2.91 bits per heavy atom. The third-order valence-electron chi connectivity index (χ3n) is 5.13. The molecule has 0 amide bonds. The van der Waals surface area contributed by atoms with Crippen LogP contribution in [0.4, 0.5) is 11.4 Å². The molecule has 2 N–H and O–H groups in total. The molecule has 2 saturated carbocycles. The van der Waals surface area contributed by atoms with Crippen LogP contribution in [-0.4, -0.2) is 26.2 Å². The van der Waals surface area contributed by atoms with Gasteiger partial charge in [-0.15, -0.1) is 0 Å². The Morgan fingerprint density at radius 1 is 1.27 bits per heavy atom. The van der Waals surface area contributed by atoms with Gasteiger partial charge >= 0.3 is 0 Å². The number of sulfonamides is 1. The van der Waals surface area contributed by atoms with Crippen LogP contribution >= 0.6 is 0 Å². The number of nitrogens with one attached hydrogen (secondary N) is 1. The molecule has 4 rings (SSSR count). The van der Waals surface area contributed by atoms with E-state index in [0.29, 0.717) is 23.2 Å². The van der Waals surface area contributed by atoms with E-state index in [2.05, 4.69) is 13.4 Å². The Kier molecular flexibility index (Phi) is 3.44. The van der Waals surface area contributed by atoms with Crippen LogP contribution in [0.3, 0.4) is 0 Å². The van der Waals surface area contributed by atoms with Gasteiger partial charge in [-0.25, -0.2) is 13.1 Å². The molecule has 2 bridgehead atoms. The molecular weight excluding hydrogens is 322 g/mol. The van der Waals surface area contributed by atoms with Crippen LogP contribution in [0.15, 0.2) is 31.8 Å². The minimum Gasteiger partial charge on any atom is -0.396 e. The van der Waals surface area contributed by atoms with Crippen molar-refractivity contribution >= 4 is 32.8 Å². The van der Waals surface area contributed by atoms with Gasteiger partial charge in [0.2, 0.25) is 10.0 Å². The number of aliphatic hydroxyl groups is 1. The first-order valence-electron chi connectivity index (χ1n) is 7.44. The molecule has 0 saturated heterocycles. The van der Waals surface area contributed by atoms with Crippen molar-refractivity contribution in [1.29, 1.82) is 0 Å². The van der Waals surface area contributed by atoms with Crippen LogP contribution in [-0.2, 0) is 21.4 Å². The Hall–Kier alpha value is -1.09. The number of fused-ring (bicyclic) bond motifs is 3. The van der Waals surface area contributed by atoms with E-state index in [1.807, 2.05) is 0 Å². The summed E-state index contributed by atoms with van der Waals surface area (Å²) in [6.45, 7) is 0.0385. The summed E-state index contributed by atoms with van der Waals surface area (Å²) in [4.78, 5) is 0.179. The Labute approximate surface area is 132 Å². The summed E-state index contributed by atoms with van der Waals surface area (Å²) >= 11 is 1.01. The van der Waals surface area contributed by atoms with E-state index >= 15 is 0 Å². The molecule has 1 aliphatic heterocycles. The fraction of sp³-hybridized carbons (Fsp3) is 0.571. The van der Waals surface area contributed by atoms with Gasteiger partial charge in [-0.2, -0.15) is 8.73 Å². The first kappa shape index (κ1) is 14.5.